The number of nitrogens with zero attached hydrogens (tertiary/aromatic N) is 4. The molecule has 3 aromatic rings. The van der Waals surface area contributed by atoms with Crippen molar-refractivity contribution in [3.05, 3.63) is 52.5 Å². The van der Waals surface area contributed by atoms with Crippen LogP contribution in [0.4, 0.5) is 5.82 Å². The van der Waals surface area contributed by atoms with Crippen LogP contribution < -0.4 is 5.73 Å². The molecule has 0 bridgehead atoms. The second kappa shape index (κ2) is 9.18. The molecule has 15 heteroatoms. The Morgan fingerprint density at radius 2 is 1.97 bits per heavy atom. The molecule has 2 aliphatic heterocycles. The molecule has 0 radical (unpaired) electrons. The summed E-state index contributed by atoms with van der Waals surface area (Å²) < 4.78 is 37.7. The molecule has 0 spiro atoms. The molecule has 37 heavy (non-hydrogen) atoms. The number of hydrogen-bond donors (Lipinski definition) is 3. The van der Waals surface area contributed by atoms with Gasteiger partial charge in [0, 0.05) is 5.56 Å². The van der Waals surface area contributed by atoms with E-state index in [1.165, 1.54) is 24.1 Å². The van der Waals surface area contributed by atoms with Crippen LogP contribution in [0.25, 0.3) is 16.9 Å². The fourth-order valence-corrected chi connectivity index (χ4v) is 6.02. The first kappa shape index (κ1) is 26.3. The average molecular weight is 572 g/mol. The van der Waals surface area contributed by atoms with E-state index in [2.05, 4.69) is 15.0 Å². The molecule has 4 heterocycles. The molecule has 5 rings (SSSR count). The first-order valence-corrected chi connectivity index (χ1v) is 13.3. The predicted octanol–water partition coefficient (Wildman–Crippen LogP) is 3.72. The molecule has 5 atom stereocenters. The van der Waals surface area contributed by atoms with E-state index < -0.39 is 44.1 Å². The molecular weight excluding hydrogens is 548 g/mol. The van der Waals surface area contributed by atoms with Crippen LogP contribution in [0.3, 0.4) is 0 Å². The van der Waals surface area contributed by atoms with Gasteiger partial charge in [-0.2, -0.15) is 0 Å². The third kappa shape index (κ3) is 4.84. The Hall–Kier alpha value is -2.28. The quantitative estimate of drug-likeness (QED) is 0.382. The lowest BCUT2D eigenvalue weighted by molar-refractivity contribution is -0.0951. The van der Waals surface area contributed by atoms with Gasteiger partial charge < -0.3 is 25.2 Å². The smallest absolute Gasteiger partial charge is 0.404 e. The summed E-state index contributed by atoms with van der Waals surface area (Å²) in [6, 6.07) is 4.81. The molecule has 0 amide bonds. The zero-order valence-corrected chi connectivity index (χ0v) is 22.3. The number of rotatable bonds is 5. The number of aliphatic hydroxyl groups excluding tert-OH is 1. The zero-order valence-electron chi connectivity index (χ0n) is 19.9. The van der Waals surface area contributed by atoms with Crippen molar-refractivity contribution >= 4 is 53.8 Å². The minimum Gasteiger partial charge on any atom is -0.404 e. The van der Waals surface area contributed by atoms with E-state index in [9.17, 15) is 14.8 Å². The van der Waals surface area contributed by atoms with Crippen molar-refractivity contribution in [3.63, 3.8) is 0 Å². The maximum Gasteiger partial charge on any atom is 0.531 e. The van der Waals surface area contributed by atoms with Crippen LogP contribution in [0.2, 0.25) is 10.0 Å². The molecule has 2 aliphatic rings. The summed E-state index contributed by atoms with van der Waals surface area (Å²) in [4.78, 5) is 12.2. The van der Waals surface area contributed by atoms with Crippen LogP contribution in [0, 0.1) is 0 Å². The van der Waals surface area contributed by atoms with E-state index in [4.69, 9.17) is 47.2 Å². The van der Waals surface area contributed by atoms with Crippen molar-refractivity contribution in [3.8, 4) is 0 Å². The highest BCUT2D eigenvalue weighted by Gasteiger charge is 2.54. The summed E-state index contributed by atoms with van der Waals surface area (Å²) >= 11 is 12.1. The number of anilines is 1. The van der Waals surface area contributed by atoms with Crippen molar-refractivity contribution in [1.82, 2.24) is 19.5 Å². The number of fused-ring (bicyclic) bond motifs is 1. The molecule has 2 aromatic heterocycles. The molecule has 198 valence electrons. The van der Waals surface area contributed by atoms with Gasteiger partial charge in [-0.1, -0.05) is 23.2 Å². The monoisotopic (exact) mass is 571 g/mol. The van der Waals surface area contributed by atoms with E-state index >= 15 is 0 Å². The van der Waals surface area contributed by atoms with Gasteiger partial charge in [-0.15, -0.1) is 0 Å². The van der Waals surface area contributed by atoms with E-state index in [1.54, 1.807) is 38.1 Å². The van der Waals surface area contributed by atoms with Gasteiger partial charge in [0.2, 0.25) is 0 Å². The molecule has 1 aromatic carbocycles. The van der Waals surface area contributed by atoms with Crippen LogP contribution in [0.5, 0.6) is 0 Å². The summed E-state index contributed by atoms with van der Waals surface area (Å²) in [5, 5.41) is 22.6. The Kier molecular flexibility index (Phi) is 6.53. The highest BCUT2D eigenvalue weighted by Crippen LogP contribution is 2.59. The summed E-state index contributed by atoms with van der Waals surface area (Å²) in [6.45, 7) is 4.33. The largest absolute Gasteiger partial charge is 0.531 e. The Morgan fingerprint density at radius 1 is 1.22 bits per heavy atom. The van der Waals surface area contributed by atoms with Crippen molar-refractivity contribution in [1.29, 1.82) is 0 Å². The predicted molar refractivity (Wildman–Crippen MR) is 135 cm³/mol. The molecular formula is C22H24Cl2N5O7P. The first-order chi connectivity index (χ1) is 17.3. The fourth-order valence-electron chi connectivity index (χ4n) is 4.22. The van der Waals surface area contributed by atoms with Gasteiger partial charge in [-0.3, -0.25) is 13.6 Å². The maximum atomic E-state index is 13.5. The van der Waals surface area contributed by atoms with Gasteiger partial charge in [0.1, 0.15) is 35.4 Å². The van der Waals surface area contributed by atoms with Crippen LogP contribution >= 0.6 is 31.0 Å². The summed E-state index contributed by atoms with van der Waals surface area (Å²) in [5.41, 5.74) is 4.15. The van der Waals surface area contributed by atoms with Crippen molar-refractivity contribution in [2.24, 2.45) is 0 Å². The van der Waals surface area contributed by atoms with Gasteiger partial charge in [-0.25, -0.2) is 19.5 Å². The summed E-state index contributed by atoms with van der Waals surface area (Å²) in [7, 11) is -4.20. The minimum atomic E-state index is -4.20. The Balaban J connectivity index is 1.36. The number of imidazole rings is 1. The second-order valence-electron chi connectivity index (χ2n) is 9.45. The summed E-state index contributed by atoms with van der Waals surface area (Å²) in [5.74, 6) is 0.373. The molecule has 0 saturated carbocycles. The lowest BCUT2D eigenvalue weighted by atomic mass is 9.96. The number of nitrogen functional groups attached to an aromatic ring is 1. The van der Waals surface area contributed by atoms with Gasteiger partial charge in [0.05, 0.1) is 28.6 Å². The number of ether oxygens (including phenoxy) is 1. The summed E-state index contributed by atoms with van der Waals surface area (Å²) in [6.07, 6.45) is 0.580. The Morgan fingerprint density at radius 3 is 2.70 bits per heavy atom. The number of aliphatic hydroxyl groups is 2. The van der Waals surface area contributed by atoms with Crippen LogP contribution in [-0.4, -0.2) is 59.7 Å². The number of phosphoric ester groups is 1. The van der Waals surface area contributed by atoms with Crippen molar-refractivity contribution in [2.75, 3.05) is 12.3 Å². The van der Waals surface area contributed by atoms with E-state index in [0.717, 1.165) is 0 Å². The number of benzene rings is 1. The van der Waals surface area contributed by atoms with Crippen LogP contribution in [-0.2, 0) is 22.9 Å². The zero-order chi connectivity index (χ0) is 26.8. The van der Waals surface area contributed by atoms with E-state index in [1.807, 2.05) is 0 Å². The van der Waals surface area contributed by atoms with Gasteiger partial charge in [0.15, 0.2) is 17.7 Å². The topological polar surface area (TPSA) is 164 Å². The Bertz CT molecular complexity index is 1450. The van der Waals surface area contributed by atoms with Crippen molar-refractivity contribution in [2.45, 2.75) is 50.4 Å². The number of halogens is 2. The minimum absolute atomic E-state index is 0.153. The third-order valence-corrected chi connectivity index (χ3v) is 8.35. The fraction of sp³-hybridized carbons (Fsp3) is 0.409. The molecule has 1 unspecified atom stereocenters. The molecule has 1 saturated heterocycles. The second-order valence-corrected chi connectivity index (χ2v) is 11.8. The first-order valence-electron chi connectivity index (χ1n) is 11.1. The standard InChI is InChI=1S/C22H24Cl2N5O7P/c1-21(2)7-14(11-4-5-12(23)13(24)6-11)35-37(32,36-21)33-8-15-17(30)22(3,31)20(34-15)29-10-28-16-18(25)26-9-27-19(16)29/h4-7,9-10,15,17,20,30-31H,8H2,1-3H3,(H2,25,26,27)/t15-,17-,20-,22-,37?/m1/s1. The normalized spacial score (nSPS) is 31.3. The average Bonchev–Trinajstić information content (AvgIpc) is 3.33. The number of aromatic nitrogens is 4. The number of hydrogen-bond acceptors (Lipinski definition) is 11. The van der Waals surface area contributed by atoms with Gasteiger partial charge in [-0.05, 0) is 45.0 Å². The highest BCUT2D eigenvalue weighted by molar-refractivity contribution is 7.49. The highest BCUT2D eigenvalue weighted by atomic mass is 35.5. The maximum absolute atomic E-state index is 13.5. The molecule has 0 aliphatic carbocycles. The number of nitrogens with two attached hydrogens (primary N) is 1. The molecule has 4 N–H and O–H groups in total. The van der Waals surface area contributed by atoms with E-state index in [-0.39, 0.29) is 11.6 Å². The molecule has 1 fully saturated rings. The van der Waals surface area contributed by atoms with Gasteiger partial charge in [0.25, 0.3) is 0 Å². The number of phosphoric acid groups is 1. The van der Waals surface area contributed by atoms with Crippen LogP contribution in [0.15, 0.2) is 36.9 Å². The van der Waals surface area contributed by atoms with Gasteiger partial charge >= 0.3 is 7.82 Å². The van der Waals surface area contributed by atoms with E-state index in [0.29, 0.717) is 26.8 Å². The molecule has 12 nitrogen and oxygen atoms in total. The van der Waals surface area contributed by atoms with Crippen LogP contribution in [0.1, 0.15) is 32.6 Å². The SMILES string of the molecule is CC1(C)C=C(c2ccc(Cl)c(Cl)c2)OP(=O)(OC[C@H]2O[C@@H](n3cnc4c(N)ncnc43)[C@](C)(O)[C@@H]2O)O1. The lowest BCUT2D eigenvalue weighted by Gasteiger charge is -2.33. The lowest BCUT2D eigenvalue weighted by Crippen LogP contribution is -2.44. The third-order valence-electron chi connectivity index (χ3n) is 6.03. The van der Waals surface area contributed by atoms with Crippen molar-refractivity contribution < 1.29 is 33.1 Å². The Labute approximate surface area is 221 Å².